The number of rotatable bonds is 7. The van der Waals surface area contributed by atoms with Crippen LogP contribution in [0.3, 0.4) is 0 Å². The van der Waals surface area contributed by atoms with Crippen LogP contribution in [-0.2, 0) is 4.79 Å². The number of fused-ring (bicyclic) bond motifs is 1. The van der Waals surface area contributed by atoms with Crippen molar-refractivity contribution in [3.05, 3.63) is 63.5 Å². The summed E-state index contributed by atoms with van der Waals surface area (Å²) in [4.78, 5) is 25.9. The van der Waals surface area contributed by atoms with Crippen molar-refractivity contribution >= 4 is 56.6 Å². The maximum atomic E-state index is 12.3. The van der Waals surface area contributed by atoms with Gasteiger partial charge in [0.05, 0.1) is 11.6 Å². The van der Waals surface area contributed by atoms with Gasteiger partial charge in [-0.1, -0.05) is 35.9 Å². The van der Waals surface area contributed by atoms with Crippen LogP contribution in [-0.4, -0.2) is 30.7 Å². The van der Waals surface area contributed by atoms with Gasteiger partial charge < -0.3 is 10.6 Å². The SMILES string of the molecule is Cc1ccc(SCCNC(=O)CNC(=O)c2sc3ccccc3c2Cl)cc1C. The van der Waals surface area contributed by atoms with Crippen LogP contribution in [0.15, 0.2) is 47.4 Å². The average molecular weight is 433 g/mol. The van der Waals surface area contributed by atoms with E-state index in [1.54, 1.807) is 11.8 Å². The summed E-state index contributed by atoms with van der Waals surface area (Å²) in [5.74, 6) is 0.224. The van der Waals surface area contributed by atoms with Gasteiger partial charge in [-0.3, -0.25) is 9.59 Å². The van der Waals surface area contributed by atoms with E-state index in [0.29, 0.717) is 16.4 Å². The second-order valence-corrected chi connectivity index (χ2v) is 8.97. The first-order chi connectivity index (χ1) is 13.5. The molecule has 7 heteroatoms. The highest BCUT2D eigenvalue weighted by Crippen LogP contribution is 2.34. The largest absolute Gasteiger partial charge is 0.354 e. The molecule has 146 valence electrons. The molecule has 3 rings (SSSR count). The summed E-state index contributed by atoms with van der Waals surface area (Å²) in [6, 6.07) is 13.9. The molecule has 2 N–H and O–H groups in total. The van der Waals surface area contributed by atoms with Crippen LogP contribution in [0.5, 0.6) is 0 Å². The number of amides is 2. The number of benzene rings is 2. The normalized spacial score (nSPS) is 10.8. The first kappa shape index (κ1) is 20.7. The quantitative estimate of drug-likeness (QED) is 0.416. The molecular weight excluding hydrogens is 412 g/mol. The molecule has 28 heavy (non-hydrogen) atoms. The molecule has 1 heterocycles. The molecule has 4 nitrogen and oxygen atoms in total. The van der Waals surface area contributed by atoms with Crippen molar-refractivity contribution < 1.29 is 9.59 Å². The van der Waals surface area contributed by atoms with E-state index in [1.165, 1.54) is 27.4 Å². The Labute approximate surface area is 177 Å². The lowest BCUT2D eigenvalue weighted by Crippen LogP contribution is -2.37. The molecule has 2 aromatic carbocycles. The Hall–Kier alpha value is -2.02. The van der Waals surface area contributed by atoms with Crippen molar-refractivity contribution in [1.29, 1.82) is 0 Å². The Bertz CT molecular complexity index is 1020. The molecule has 0 aliphatic heterocycles. The van der Waals surface area contributed by atoms with E-state index in [1.807, 2.05) is 24.3 Å². The van der Waals surface area contributed by atoms with Crippen molar-refractivity contribution in [3.8, 4) is 0 Å². The first-order valence-corrected chi connectivity index (χ1v) is 11.1. The van der Waals surface area contributed by atoms with Crippen LogP contribution in [0, 0.1) is 13.8 Å². The lowest BCUT2D eigenvalue weighted by Gasteiger charge is -2.07. The second kappa shape index (κ2) is 9.45. The molecule has 0 fully saturated rings. The molecule has 0 spiro atoms. The van der Waals surface area contributed by atoms with Gasteiger partial charge in [0.1, 0.15) is 4.88 Å². The lowest BCUT2D eigenvalue weighted by atomic mass is 10.1. The van der Waals surface area contributed by atoms with Crippen LogP contribution < -0.4 is 10.6 Å². The Morgan fingerprint density at radius 2 is 1.86 bits per heavy atom. The third-order valence-electron chi connectivity index (χ3n) is 4.32. The number of thiophene rings is 1. The minimum atomic E-state index is -0.328. The number of nitrogens with one attached hydrogen (secondary N) is 2. The molecule has 0 bridgehead atoms. The summed E-state index contributed by atoms with van der Waals surface area (Å²) in [5.41, 5.74) is 2.53. The van der Waals surface area contributed by atoms with Gasteiger partial charge in [0, 0.05) is 27.3 Å². The third kappa shape index (κ3) is 5.07. The molecule has 3 aromatic rings. The fourth-order valence-corrected chi connectivity index (χ4v) is 4.92. The van der Waals surface area contributed by atoms with Crippen LogP contribution in [0.2, 0.25) is 5.02 Å². The number of hydrogen-bond acceptors (Lipinski definition) is 4. The second-order valence-electron chi connectivity index (χ2n) is 6.37. The van der Waals surface area contributed by atoms with Gasteiger partial charge in [-0.05, 0) is 43.2 Å². The van der Waals surface area contributed by atoms with E-state index in [-0.39, 0.29) is 18.4 Å². The van der Waals surface area contributed by atoms with Crippen molar-refractivity contribution in [2.45, 2.75) is 18.7 Å². The van der Waals surface area contributed by atoms with E-state index >= 15 is 0 Å². The van der Waals surface area contributed by atoms with Gasteiger partial charge in [0.25, 0.3) is 5.91 Å². The minimum Gasteiger partial charge on any atom is -0.354 e. The third-order valence-corrected chi connectivity index (χ3v) is 6.99. The van der Waals surface area contributed by atoms with E-state index in [2.05, 4.69) is 42.7 Å². The molecular formula is C21H21ClN2O2S2. The zero-order chi connectivity index (χ0) is 20.1. The molecule has 0 saturated heterocycles. The molecule has 0 aliphatic carbocycles. The van der Waals surface area contributed by atoms with Crippen LogP contribution >= 0.6 is 34.7 Å². The summed E-state index contributed by atoms with van der Waals surface area (Å²) in [6.07, 6.45) is 0. The predicted molar refractivity (Wildman–Crippen MR) is 119 cm³/mol. The summed E-state index contributed by atoms with van der Waals surface area (Å²) in [6.45, 7) is 4.64. The minimum absolute atomic E-state index is 0.0717. The van der Waals surface area contributed by atoms with Crippen molar-refractivity contribution in [3.63, 3.8) is 0 Å². The molecule has 0 atom stereocenters. The highest BCUT2D eigenvalue weighted by atomic mass is 35.5. The van der Waals surface area contributed by atoms with Crippen LogP contribution in [0.25, 0.3) is 10.1 Å². The number of carbonyl (C=O) groups excluding carboxylic acids is 2. The molecule has 0 saturated carbocycles. The Morgan fingerprint density at radius 3 is 2.61 bits per heavy atom. The van der Waals surface area contributed by atoms with Gasteiger partial charge in [0.2, 0.25) is 5.91 Å². The summed E-state index contributed by atoms with van der Waals surface area (Å²) in [5, 5.41) is 6.75. The fourth-order valence-electron chi connectivity index (χ4n) is 2.63. The summed E-state index contributed by atoms with van der Waals surface area (Å²) < 4.78 is 0.950. The molecule has 2 amide bonds. The first-order valence-electron chi connectivity index (χ1n) is 8.87. The monoisotopic (exact) mass is 432 g/mol. The zero-order valence-electron chi connectivity index (χ0n) is 15.7. The van der Waals surface area contributed by atoms with E-state index in [4.69, 9.17) is 11.6 Å². The van der Waals surface area contributed by atoms with E-state index in [9.17, 15) is 9.59 Å². The molecule has 0 aliphatic rings. The van der Waals surface area contributed by atoms with Gasteiger partial charge >= 0.3 is 0 Å². The topological polar surface area (TPSA) is 58.2 Å². The van der Waals surface area contributed by atoms with E-state index < -0.39 is 0 Å². The van der Waals surface area contributed by atoms with Gasteiger partial charge in [-0.15, -0.1) is 23.1 Å². The number of carbonyl (C=O) groups is 2. The predicted octanol–water partition coefficient (Wildman–Crippen LogP) is 4.81. The van der Waals surface area contributed by atoms with Gasteiger partial charge in [-0.25, -0.2) is 0 Å². The van der Waals surface area contributed by atoms with Gasteiger partial charge in [0.15, 0.2) is 0 Å². The van der Waals surface area contributed by atoms with Gasteiger partial charge in [-0.2, -0.15) is 0 Å². The van der Waals surface area contributed by atoms with Crippen LogP contribution in [0.4, 0.5) is 0 Å². The average Bonchev–Trinajstić information content (AvgIpc) is 3.03. The number of hydrogen-bond donors (Lipinski definition) is 2. The molecule has 1 aromatic heterocycles. The molecule has 0 radical (unpaired) electrons. The smallest absolute Gasteiger partial charge is 0.263 e. The number of halogens is 1. The molecule has 0 unspecified atom stereocenters. The van der Waals surface area contributed by atoms with Crippen molar-refractivity contribution in [2.24, 2.45) is 0 Å². The summed E-state index contributed by atoms with van der Waals surface area (Å²) >= 11 is 9.31. The fraction of sp³-hybridized carbons (Fsp3) is 0.238. The van der Waals surface area contributed by atoms with Crippen LogP contribution in [0.1, 0.15) is 20.8 Å². The Kier molecular flexibility index (Phi) is 6.99. The summed E-state index contributed by atoms with van der Waals surface area (Å²) in [7, 11) is 0. The highest BCUT2D eigenvalue weighted by molar-refractivity contribution is 7.99. The van der Waals surface area contributed by atoms with E-state index in [0.717, 1.165) is 15.8 Å². The number of aryl methyl sites for hydroxylation is 2. The standard InChI is InChI=1S/C21H21ClN2O2S2/c1-13-7-8-15(11-14(13)2)27-10-9-23-18(25)12-24-21(26)20-19(22)16-5-3-4-6-17(16)28-20/h3-8,11H,9-10,12H2,1-2H3,(H,23,25)(H,24,26). The maximum Gasteiger partial charge on any atom is 0.263 e. The Balaban J connectivity index is 1.43. The van der Waals surface area contributed by atoms with Crippen molar-refractivity contribution in [1.82, 2.24) is 10.6 Å². The highest BCUT2D eigenvalue weighted by Gasteiger charge is 2.17. The Morgan fingerprint density at radius 1 is 1.07 bits per heavy atom. The van der Waals surface area contributed by atoms with Crippen molar-refractivity contribution in [2.75, 3.05) is 18.8 Å². The lowest BCUT2D eigenvalue weighted by molar-refractivity contribution is -0.120. The maximum absolute atomic E-state index is 12.3. The zero-order valence-corrected chi connectivity index (χ0v) is 18.1. The number of thioether (sulfide) groups is 1.